The molecule has 304 valence electrons. The molecule has 0 N–H and O–H groups in total. The molecular weight excluding hydrogens is 789 g/mol. The molecule has 1 aromatic heterocycles. The molecule has 0 amide bonds. The Kier molecular flexibility index (Phi) is 8.53. The summed E-state index contributed by atoms with van der Waals surface area (Å²) in [5.74, 6) is 1.74. The van der Waals surface area contributed by atoms with Crippen LogP contribution in [-0.2, 0) is 0 Å². The molecule has 11 aromatic carbocycles. The van der Waals surface area contributed by atoms with E-state index in [1.165, 1.54) is 65.7 Å². The molecule has 12 aromatic rings. The molecular formula is C62H40N2O. The molecule has 1 aliphatic rings. The first kappa shape index (κ1) is 36.9. The Labute approximate surface area is 377 Å². The first-order chi connectivity index (χ1) is 32.2. The van der Waals surface area contributed by atoms with E-state index >= 15 is 0 Å². The third-order valence-corrected chi connectivity index (χ3v) is 13.2. The lowest BCUT2D eigenvalue weighted by Gasteiger charge is -2.28. The van der Waals surface area contributed by atoms with Crippen LogP contribution in [0.15, 0.2) is 243 Å². The zero-order valence-electron chi connectivity index (χ0n) is 35.4. The number of benzene rings is 11. The Hall–Kier alpha value is -8.66. The van der Waals surface area contributed by atoms with Gasteiger partial charge in [-0.25, -0.2) is 0 Å². The summed E-state index contributed by atoms with van der Waals surface area (Å²) in [5.41, 5.74) is 16.0. The highest BCUT2D eigenvalue weighted by molar-refractivity contribution is 6.13. The van der Waals surface area contributed by atoms with Crippen molar-refractivity contribution in [2.45, 2.75) is 0 Å². The maximum Gasteiger partial charge on any atom is 0.152 e. The molecule has 0 bridgehead atoms. The van der Waals surface area contributed by atoms with Gasteiger partial charge in [0.05, 0.1) is 22.4 Å². The second-order valence-electron chi connectivity index (χ2n) is 16.9. The molecule has 0 saturated carbocycles. The molecule has 0 aliphatic carbocycles. The minimum atomic E-state index is 0.866. The first-order valence-corrected chi connectivity index (χ1v) is 22.2. The Balaban J connectivity index is 0.923. The summed E-state index contributed by atoms with van der Waals surface area (Å²) in [6.07, 6.45) is 0. The summed E-state index contributed by atoms with van der Waals surface area (Å²) in [4.78, 5) is 2.40. The normalized spacial score (nSPS) is 11.8. The van der Waals surface area contributed by atoms with Gasteiger partial charge in [-0.1, -0.05) is 176 Å². The van der Waals surface area contributed by atoms with Gasteiger partial charge in [-0.2, -0.15) is 0 Å². The molecule has 2 heterocycles. The molecule has 0 fully saturated rings. The summed E-state index contributed by atoms with van der Waals surface area (Å²) in [5, 5.41) is 7.42. The van der Waals surface area contributed by atoms with Gasteiger partial charge in [-0.15, -0.1) is 0 Å². The van der Waals surface area contributed by atoms with Gasteiger partial charge in [0.15, 0.2) is 11.5 Å². The number of fused-ring (bicyclic) bond motifs is 8. The second-order valence-corrected chi connectivity index (χ2v) is 16.9. The first-order valence-electron chi connectivity index (χ1n) is 22.2. The number of nitrogens with zero attached hydrogens (tertiary/aromatic N) is 2. The lowest BCUT2D eigenvalue weighted by atomic mass is 9.97. The Morgan fingerprint density at radius 1 is 0.323 bits per heavy atom. The van der Waals surface area contributed by atoms with Crippen LogP contribution in [0.4, 0.5) is 17.1 Å². The lowest BCUT2D eigenvalue weighted by Crippen LogP contribution is -2.11. The summed E-state index contributed by atoms with van der Waals surface area (Å²) in [7, 11) is 0. The molecule has 0 saturated heterocycles. The highest BCUT2D eigenvalue weighted by atomic mass is 16.5. The maximum atomic E-state index is 6.45. The minimum Gasteiger partial charge on any atom is -0.453 e. The molecule has 1 aliphatic heterocycles. The monoisotopic (exact) mass is 828 g/mol. The second kappa shape index (κ2) is 15.0. The Bertz CT molecular complexity index is 3770. The van der Waals surface area contributed by atoms with Crippen LogP contribution in [0.3, 0.4) is 0 Å². The van der Waals surface area contributed by atoms with E-state index in [2.05, 4.69) is 240 Å². The quantitative estimate of drug-likeness (QED) is 0.149. The van der Waals surface area contributed by atoms with Crippen molar-refractivity contribution in [2.24, 2.45) is 0 Å². The number of para-hydroxylation sites is 4. The lowest BCUT2D eigenvalue weighted by molar-refractivity contribution is 0.476. The van der Waals surface area contributed by atoms with E-state index in [0.717, 1.165) is 56.4 Å². The summed E-state index contributed by atoms with van der Waals surface area (Å²) < 4.78 is 8.80. The van der Waals surface area contributed by atoms with E-state index in [1.807, 2.05) is 12.1 Å². The molecule has 0 radical (unpaired) electrons. The molecule has 65 heavy (non-hydrogen) atoms. The van der Waals surface area contributed by atoms with E-state index in [-0.39, 0.29) is 0 Å². The summed E-state index contributed by atoms with van der Waals surface area (Å²) in [6, 6.07) is 87.8. The number of hydrogen-bond donors (Lipinski definition) is 0. The third-order valence-electron chi connectivity index (χ3n) is 13.2. The topological polar surface area (TPSA) is 17.4 Å². The van der Waals surface area contributed by atoms with Crippen LogP contribution in [0.2, 0.25) is 0 Å². The highest BCUT2D eigenvalue weighted by Gasteiger charge is 2.24. The molecule has 13 rings (SSSR count). The highest BCUT2D eigenvalue weighted by Crippen LogP contribution is 2.48. The van der Waals surface area contributed by atoms with Gasteiger partial charge in [-0.05, 0) is 127 Å². The molecule has 3 heteroatoms. The molecule has 0 spiro atoms. The SMILES string of the molecule is c1ccc(-c2ccc(-c3ccc(N(c4ccc(-c5ccc6c(ccc7ccccc76)c5)cc4)c4ccccc4-c4ccc5c(c4)c4cccc6c4n5-c4ccccc4O6)cc3)cc2)cc1. The van der Waals surface area contributed by atoms with Crippen molar-refractivity contribution in [1.29, 1.82) is 0 Å². The van der Waals surface area contributed by atoms with Crippen LogP contribution in [0.1, 0.15) is 0 Å². The van der Waals surface area contributed by atoms with Crippen LogP contribution >= 0.6 is 0 Å². The van der Waals surface area contributed by atoms with Gasteiger partial charge in [-0.3, -0.25) is 0 Å². The van der Waals surface area contributed by atoms with Gasteiger partial charge in [0.2, 0.25) is 0 Å². The summed E-state index contributed by atoms with van der Waals surface area (Å²) in [6.45, 7) is 0. The van der Waals surface area contributed by atoms with Gasteiger partial charge >= 0.3 is 0 Å². The van der Waals surface area contributed by atoms with Crippen LogP contribution in [0.25, 0.3) is 93.5 Å². The van der Waals surface area contributed by atoms with Crippen molar-refractivity contribution < 1.29 is 4.74 Å². The minimum absolute atomic E-state index is 0.866. The van der Waals surface area contributed by atoms with Crippen molar-refractivity contribution >= 4 is 60.4 Å². The molecule has 0 unspecified atom stereocenters. The average molecular weight is 829 g/mol. The van der Waals surface area contributed by atoms with E-state index in [9.17, 15) is 0 Å². The largest absolute Gasteiger partial charge is 0.453 e. The predicted molar refractivity (Wildman–Crippen MR) is 272 cm³/mol. The van der Waals surface area contributed by atoms with Crippen molar-refractivity contribution in [1.82, 2.24) is 4.57 Å². The van der Waals surface area contributed by atoms with E-state index in [4.69, 9.17) is 4.74 Å². The van der Waals surface area contributed by atoms with Crippen molar-refractivity contribution in [2.75, 3.05) is 4.90 Å². The summed E-state index contributed by atoms with van der Waals surface area (Å²) >= 11 is 0. The van der Waals surface area contributed by atoms with Crippen LogP contribution < -0.4 is 9.64 Å². The van der Waals surface area contributed by atoms with Crippen LogP contribution in [0, 0.1) is 0 Å². The van der Waals surface area contributed by atoms with Gasteiger partial charge in [0, 0.05) is 27.7 Å². The van der Waals surface area contributed by atoms with E-state index < -0.39 is 0 Å². The zero-order chi connectivity index (χ0) is 42.8. The molecule has 3 nitrogen and oxygen atoms in total. The predicted octanol–water partition coefficient (Wildman–Crippen LogP) is 17.3. The Morgan fingerprint density at radius 3 is 1.66 bits per heavy atom. The fourth-order valence-electron chi connectivity index (χ4n) is 10.0. The Morgan fingerprint density at radius 2 is 0.877 bits per heavy atom. The van der Waals surface area contributed by atoms with Crippen LogP contribution in [-0.4, -0.2) is 4.57 Å². The van der Waals surface area contributed by atoms with E-state index in [1.54, 1.807) is 0 Å². The zero-order valence-corrected chi connectivity index (χ0v) is 35.4. The number of anilines is 3. The number of rotatable bonds is 7. The van der Waals surface area contributed by atoms with Crippen molar-refractivity contribution in [3.8, 4) is 61.7 Å². The standard InChI is InChI=1S/C62H40N2O/c1-2-11-41(12-3-1)42-21-23-43(24-22-42)44-27-33-50(34-28-44)63(51-35-29-45(30-36-51)47-31-37-53-48(39-47)26-25-46-13-4-5-14-52(46)53)57-17-7-6-15-54(57)49-32-38-58-56(40-49)55-16-10-20-61-62(55)64(58)59-18-8-9-19-60(59)65-61/h1-40H. The van der Waals surface area contributed by atoms with Crippen molar-refractivity contribution in [3.63, 3.8) is 0 Å². The van der Waals surface area contributed by atoms with Gasteiger partial charge in [0.1, 0.15) is 0 Å². The number of hydrogen-bond acceptors (Lipinski definition) is 2. The smallest absolute Gasteiger partial charge is 0.152 e. The van der Waals surface area contributed by atoms with Gasteiger partial charge < -0.3 is 14.2 Å². The number of ether oxygens (including phenoxy) is 1. The fourth-order valence-corrected chi connectivity index (χ4v) is 10.0. The molecule has 0 atom stereocenters. The number of aromatic nitrogens is 1. The third kappa shape index (κ3) is 6.20. The maximum absolute atomic E-state index is 6.45. The van der Waals surface area contributed by atoms with Crippen LogP contribution in [0.5, 0.6) is 11.5 Å². The van der Waals surface area contributed by atoms with Gasteiger partial charge in [0.25, 0.3) is 0 Å². The van der Waals surface area contributed by atoms with E-state index in [0.29, 0.717) is 0 Å². The fraction of sp³-hybridized carbons (Fsp3) is 0. The average Bonchev–Trinajstić information content (AvgIpc) is 3.72. The van der Waals surface area contributed by atoms with Crippen molar-refractivity contribution in [3.05, 3.63) is 243 Å².